The molecule has 2 N–H and O–H groups in total. The summed E-state index contributed by atoms with van der Waals surface area (Å²) in [6.45, 7) is 7.00. The lowest BCUT2D eigenvalue weighted by atomic mass is 10.1. The highest BCUT2D eigenvalue weighted by atomic mass is 35.5. The molecule has 9 heteroatoms. The molecule has 0 saturated heterocycles. The van der Waals surface area contributed by atoms with Crippen molar-refractivity contribution >= 4 is 33.6 Å². The highest BCUT2D eigenvalue weighted by Crippen LogP contribution is 2.17. The van der Waals surface area contributed by atoms with Crippen molar-refractivity contribution in [3.8, 4) is 0 Å². The van der Waals surface area contributed by atoms with E-state index in [2.05, 4.69) is 5.43 Å². The van der Waals surface area contributed by atoms with Crippen molar-refractivity contribution in [3.05, 3.63) is 64.7 Å². The van der Waals surface area contributed by atoms with Crippen molar-refractivity contribution in [3.63, 3.8) is 0 Å². The van der Waals surface area contributed by atoms with Gasteiger partial charge >= 0.3 is 6.03 Å². The smallest absolute Gasteiger partial charge is 0.267 e. The molecule has 0 spiro atoms. The van der Waals surface area contributed by atoms with Crippen LogP contribution in [-0.4, -0.2) is 30.9 Å². The van der Waals surface area contributed by atoms with Crippen LogP contribution in [-0.2, 0) is 10.0 Å². The Morgan fingerprint density at radius 3 is 2.18 bits per heavy atom. The van der Waals surface area contributed by atoms with Gasteiger partial charge in [-0.15, -0.1) is 0 Å². The van der Waals surface area contributed by atoms with E-state index in [9.17, 15) is 18.0 Å². The largest absolute Gasteiger partial charge is 0.347 e. The van der Waals surface area contributed by atoms with Crippen molar-refractivity contribution in [2.45, 2.75) is 38.1 Å². The Kier molecular flexibility index (Phi) is 6.36. The topological polar surface area (TPSA) is 95.6 Å². The predicted molar refractivity (Wildman–Crippen MR) is 107 cm³/mol. The van der Waals surface area contributed by atoms with Crippen molar-refractivity contribution in [2.75, 3.05) is 0 Å². The van der Waals surface area contributed by atoms with Crippen molar-refractivity contribution in [2.24, 2.45) is 0 Å². The molecule has 2 aromatic rings. The van der Waals surface area contributed by atoms with Gasteiger partial charge in [0.25, 0.3) is 15.9 Å². The number of nitrogens with one attached hydrogen (secondary N) is 2. The van der Waals surface area contributed by atoms with E-state index in [4.69, 9.17) is 11.6 Å². The standard InChI is InChI=1S/C19H22ClN3O4S/c1-13-6-5-7-14(12-13)17(24)23(19(2,3)4)21-18(25)22-28(26,27)16-10-8-15(20)9-11-16/h5-12H,1-4H3,(H2,21,22,25). The van der Waals surface area contributed by atoms with E-state index in [1.54, 1.807) is 39.0 Å². The van der Waals surface area contributed by atoms with Crippen LogP contribution in [0.2, 0.25) is 5.02 Å². The summed E-state index contributed by atoms with van der Waals surface area (Å²) < 4.78 is 26.6. The minimum atomic E-state index is -4.12. The van der Waals surface area contributed by atoms with Crippen LogP contribution in [0.4, 0.5) is 4.79 Å². The van der Waals surface area contributed by atoms with Gasteiger partial charge in [0.1, 0.15) is 0 Å². The van der Waals surface area contributed by atoms with E-state index in [1.807, 2.05) is 17.7 Å². The number of rotatable bonds is 3. The molecule has 0 saturated carbocycles. The second-order valence-corrected chi connectivity index (χ2v) is 9.30. The first-order chi connectivity index (χ1) is 12.9. The molecule has 2 aromatic carbocycles. The first-order valence-electron chi connectivity index (χ1n) is 8.40. The van der Waals surface area contributed by atoms with Crippen LogP contribution in [0.3, 0.4) is 0 Å². The molecule has 0 aromatic heterocycles. The van der Waals surface area contributed by atoms with Crippen LogP contribution in [0.5, 0.6) is 0 Å². The lowest BCUT2D eigenvalue weighted by molar-refractivity contribution is 0.0454. The van der Waals surface area contributed by atoms with Gasteiger partial charge in [-0.3, -0.25) is 4.79 Å². The fourth-order valence-corrected chi connectivity index (χ4v) is 3.38. The summed E-state index contributed by atoms with van der Waals surface area (Å²) in [7, 11) is -4.12. The molecule has 0 aliphatic heterocycles. The van der Waals surface area contributed by atoms with Crippen molar-refractivity contribution in [1.82, 2.24) is 15.2 Å². The van der Waals surface area contributed by atoms with Gasteiger partial charge in [-0.2, -0.15) is 0 Å². The molecule has 150 valence electrons. The number of nitrogens with zero attached hydrogens (tertiary/aromatic N) is 1. The number of carbonyl (C=O) groups is 2. The third-order valence-corrected chi connectivity index (χ3v) is 5.30. The van der Waals surface area contributed by atoms with E-state index in [0.29, 0.717) is 10.6 Å². The summed E-state index contributed by atoms with van der Waals surface area (Å²) >= 11 is 5.75. The molecule has 0 radical (unpaired) electrons. The average Bonchev–Trinajstić information content (AvgIpc) is 2.58. The Morgan fingerprint density at radius 1 is 1.04 bits per heavy atom. The molecular formula is C19H22ClN3O4S. The van der Waals surface area contributed by atoms with Gasteiger partial charge in [0.15, 0.2) is 0 Å². The number of carbonyl (C=O) groups excluding carboxylic acids is 2. The number of amides is 3. The SMILES string of the molecule is Cc1cccc(C(=O)N(NC(=O)NS(=O)(=O)c2ccc(Cl)cc2)C(C)(C)C)c1. The molecule has 0 aliphatic rings. The Hall–Kier alpha value is -2.58. The Balaban J connectivity index is 2.21. The maximum absolute atomic E-state index is 12.9. The van der Waals surface area contributed by atoms with Crippen LogP contribution in [0.1, 0.15) is 36.7 Å². The van der Waals surface area contributed by atoms with Gasteiger partial charge < -0.3 is 0 Å². The van der Waals surface area contributed by atoms with Gasteiger partial charge in [-0.1, -0.05) is 29.3 Å². The normalized spacial score (nSPS) is 11.6. The maximum atomic E-state index is 12.9. The maximum Gasteiger partial charge on any atom is 0.347 e. The number of hydrazine groups is 1. The first-order valence-corrected chi connectivity index (χ1v) is 10.3. The molecule has 0 aliphatic carbocycles. The number of urea groups is 1. The van der Waals surface area contributed by atoms with Crippen molar-refractivity contribution < 1.29 is 18.0 Å². The van der Waals surface area contributed by atoms with Gasteiger partial charge in [0.2, 0.25) is 0 Å². The highest BCUT2D eigenvalue weighted by molar-refractivity contribution is 7.90. The summed E-state index contributed by atoms with van der Waals surface area (Å²) in [5, 5.41) is 1.46. The van der Waals surface area contributed by atoms with Crippen LogP contribution in [0, 0.1) is 6.92 Å². The fraction of sp³-hybridized carbons (Fsp3) is 0.263. The third-order valence-electron chi connectivity index (χ3n) is 3.70. The summed E-state index contributed by atoms with van der Waals surface area (Å²) in [5.74, 6) is -0.463. The Morgan fingerprint density at radius 2 is 1.64 bits per heavy atom. The second-order valence-electron chi connectivity index (χ2n) is 7.18. The van der Waals surface area contributed by atoms with E-state index >= 15 is 0 Å². The molecule has 7 nitrogen and oxygen atoms in total. The number of aryl methyl sites for hydroxylation is 1. The zero-order valence-electron chi connectivity index (χ0n) is 16.0. The highest BCUT2D eigenvalue weighted by Gasteiger charge is 2.30. The fourth-order valence-electron chi connectivity index (χ4n) is 2.35. The van der Waals surface area contributed by atoms with Crippen LogP contribution in [0.15, 0.2) is 53.4 Å². The Bertz CT molecular complexity index is 983. The number of halogens is 1. The zero-order valence-corrected chi connectivity index (χ0v) is 17.6. The molecule has 3 amide bonds. The molecule has 0 unspecified atom stereocenters. The average molecular weight is 424 g/mol. The van der Waals surface area contributed by atoms with Gasteiger partial charge in [-0.05, 0) is 64.1 Å². The molecular weight excluding hydrogens is 402 g/mol. The lowest BCUT2D eigenvalue weighted by Gasteiger charge is -2.35. The number of benzene rings is 2. The number of hydrogen-bond acceptors (Lipinski definition) is 4. The van der Waals surface area contributed by atoms with Crippen LogP contribution >= 0.6 is 11.6 Å². The third kappa shape index (κ3) is 5.46. The van der Waals surface area contributed by atoms with E-state index < -0.39 is 27.5 Å². The van der Waals surface area contributed by atoms with E-state index in [1.165, 1.54) is 24.3 Å². The predicted octanol–water partition coefficient (Wildman–Crippen LogP) is 3.49. The second kappa shape index (κ2) is 8.20. The van der Waals surface area contributed by atoms with E-state index in [-0.39, 0.29) is 4.90 Å². The van der Waals surface area contributed by atoms with E-state index in [0.717, 1.165) is 10.6 Å². The molecule has 0 fully saturated rings. The van der Waals surface area contributed by atoms with Crippen LogP contribution in [0.25, 0.3) is 0 Å². The van der Waals surface area contributed by atoms with Gasteiger partial charge in [0, 0.05) is 10.6 Å². The summed E-state index contributed by atoms with van der Waals surface area (Å²) in [6.07, 6.45) is 0. The monoisotopic (exact) mass is 423 g/mol. The summed E-state index contributed by atoms with van der Waals surface area (Å²) in [4.78, 5) is 25.1. The molecule has 28 heavy (non-hydrogen) atoms. The molecule has 0 heterocycles. The van der Waals surface area contributed by atoms with Crippen molar-refractivity contribution in [1.29, 1.82) is 0 Å². The number of sulfonamides is 1. The van der Waals surface area contributed by atoms with Gasteiger partial charge in [-0.25, -0.2) is 28.4 Å². The number of hydrogen-bond donors (Lipinski definition) is 2. The van der Waals surface area contributed by atoms with Gasteiger partial charge in [0.05, 0.1) is 10.4 Å². The Labute approximate surface area is 169 Å². The first kappa shape index (κ1) is 21.7. The minimum Gasteiger partial charge on any atom is -0.267 e. The molecule has 0 bridgehead atoms. The van der Waals surface area contributed by atoms with Crippen LogP contribution < -0.4 is 10.1 Å². The summed E-state index contributed by atoms with van der Waals surface area (Å²) in [6, 6.07) is 11.2. The molecule has 2 rings (SSSR count). The zero-order chi connectivity index (χ0) is 21.1. The summed E-state index contributed by atoms with van der Waals surface area (Å²) in [5.41, 5.74) is 2.79. The lowest BCUT2D eigenvalue weighted by Crippen LogP contribution is -2.58. The molecule has 0 atom stereocenters. The minimum absolute atomic E-state index is 0.126. The quantitative estimate of drug-likeness (QED) is 0.738.